The van der Waals surface area contributed by atoms with E-state index in [9.17, 15) is 9.59 Å². The average molecular weight is 473 g/mol. The molecule has 0 radical (unpaired) electrons. The zero-order valence-electron chi connectivity index (χ0n) is 19.3. The maximum Gasteiger partial charge on any atom is 0.344 e. The van der Waals surface area contributed by atoms with E-state index in [0.717, 1.165) is 16.6 Å². The summed E-state index contributed by atoms with van der Waals surface area (Å²) < 4.78 is 11.5. The van der Waals surface area contributed by atoms with E-state index in [1.54, 1.807) is 30.3 Å². The molecule has 0 aliphatic carbocycles. The van der Waals surface area contributed by atoms with Gasteiger partial charge in [-0.15, -0.1) is 0 Å². The van der Waals surface area contributed by atoms with Crippen molar-refractivity contribution >= 4 is 33.5 Å². The number of hydrogen-bond donors (Lipinski definition) is 1. The fourth-order valence-corrected chi connectivity index (χ4v) is 4.32. The molecule has 6 nitrogen and oxygen atoms in total. The molecule has 1 N–H and O–H groups in total. The monoisotopic (exact) mass is 472 g/mol. The van der Waals surface area contributed by atoms with Gasteiger partial charge in [0.2, 0.25) is 11.7 Å². The summed E-state index contributed by atoms with van der Waals surface area (Å²) in [5.74, 6) is -0.122. The smallest absolute Gasteiger partial charge is 0.344 e. The van der Waals surface area contributed by atoms with Gasteiger partial charge in [-0.25, -0.2) is 9.78 Å². The molecule has 0 unspecified atom stereocenters. The maximum absolute atomic E-state index is 13.4. The second kappa shape index (κ2) is 8.67. The lowest BCUT2D eigenvalue weighted by molar-refractivity contribution is 0.0994. The first-order chi connectivity index (χ1) is 17.6. The van der Waals surface area contributed by atoms with E-state index in [0.29, 0.717) is 39.1 Å². The Morgan fingerprint density at radius 3 is 2.36 bits per heavy atom. The molecule has 6 aromatic rings. The Bertz CT molecular complexity index is 1820. The summed E-state index contributed by atoms with van der Waals surface area (Å²) in [7, 11) is 0. The van der Waals surface area contributed by atoms with Gasteiger partial charge in [0.1, 0.15) is 5.52 Å². The van der Waals surface area contributed by atoms with Crippen LogP contribution in [-0.2, 0) is 0 Å². The van der Waals surface area contributed by atoms with Crippen LogP contribution in [-0.4, -0.2) is 10.9 Å². The Balaban J connectivity index is 1.41. The van der Waals surface area contributed by atoms with E-state index in [1.807, 2.05) is 73.7 Å². The number of amides is 1. The van der Waals surface area contributed by atoms with Crippen molar-refractivity contribution in [2.45, 2.75) is 6.92 Å². The molecule has 2 heterocycles. The summed E-state index contributed by atoms with van der Waals surface area (Å²) in [5, 5.41) is 3.94. The minimum atomic E-state index is -0.564. The molecule has 0 spiro atoms. The number of carbonyl (C=O) groups is 1. The highest BCUT2D eigenvalue weighted by molar-refractivity contribution is 6.12. The molecular weight excluding hydrogens is 452 g/mol. The SMILES string of the molecule is Cc1ccc2nc(-c3cccc(NC(=O)c4oc(=O)c5ccccc5c4-c4ccccc4)c3)oc2c1. The van der Waals surface area contributed by atoms with Gasteiger partial charge in [0.25, 0.3) is 5.91 Å². The Kier molecular flexibility index (Phi) is 5.19. The highest BCUT2D eigenvalue weighted by atomic mass is 16.4. The lowest BCUT2D eigenvalue weighted by Gasteiger charge is -2.12. The van der Waals surface area contributed by atoms with Crippen molar-refractivity contribution in [3.05, 3.63) is 119 Å². The number of aromatic nitrogens is 1. The van der Waals surface area contributed by atoms with Crippen molar-refractivity contribution in [2.75, 3.05) is 5.32 Å². The van der Waals surface area contributed by atoms with Crippen LogP contribution in [0.3, 0.4) is 0 Å². The third-order valence-corrected chi connectivity index (χ3v) is 6.02. The van der Waals surface area contributed by atoms with E-state index in [1.165, 1.54) is 0 Å². The highest BCUT2D eigenvalue weighted by Gasteiger charge is 2.21. The fourth-order valence-electron chi connectivity index (χ4n) is 4.32. The maximum atomic E-state index is 13.4. The average Bonchev–Trinajstić information content (AvgIpc) is 3.33. The zero-order valence-corrected chi connectivity index (χ0v) is 19.3. The number of anilines is 1. The third-order valence-electron chi connectivity index (χ3n) is 6.02. The Morgan fingerprint density at radius 1 is 0.778 bits per heavy atom. The van der Waals surface area contributed by atoms with Crippen LogP contribution in [0.15, 0.2) is 111 Å². The normalized spacial score (nSPS) is 11.1. The van der Waals surface area contributed by atoms with E-state index >= 15 is 0 Å². The standard InChI is InChI=1S/C30H20N2O4/c1-18-14-15-24-25(16-18)35-29(32-24)20-10-7-11-21(17-20)31-28(33)27-26(19-8-3-2-4-9-19)22-12-5-6-13-23(22)30(34)36-27/h2-17H,1H3,(H,31,33). The van der Waals surface area contributed by atoms with E-state index in [4.69, 9.17) is 8.83 Å². The molecular formula is C30H20N2O4. The molecule has 0 bridgehead atoms. The van der Waals surface area contributed by atoms with Crippen LogP contribution in [0.1, 0.15) is 16.1 Å². The van der Waals surface area contributed by atoms with Crippen LogP contribution in [0.25, 0.3) is 44.5 Å². The quantitative estimate of drug-likeness (QED) is 0.304. The van der Waals surface area contributed by atoms with Gasteiger partial charge < -0.3 is 14.2 Å². The molecule has 0 aliphatic rings. The van der Waals surface area contributed by atoms with Gasteiger partial charge in [-0.2, -0.15) is 0 Å². The highest BCUT2D eigenvalue weighted by Crippen LogP contribution is 2.32. The molecule has 36 heavy (non-hydrogen) atoms. The van der Waals surface area contributed by atoms with Crippen molar-refractivity contribution in [2.24, 2.45) is 0 Å². The number of oxazole rings is 1. The minimum absolute atomic E-state index is 0.0485. The van der Waals surface area contributed by atoms with Crippen molar-refractivity contribution < 1.29 is 13.6 Å². The number of hydrogen-bond acceptors (Lipinski definition) is 5. The number of rotatable bonds is 4. The molecule has 2 aromatic heterocycles. The van der Waals surface area contributed by atoms with Crippen LogP contribution in [0.2, 0.25) is 0 Å². The van der Waals surface area contributed by atoms with Gasteiger partial charge in [-0.1, -0.05) is 60.7 Å². The number of benzene rings is 4. The second-order valence-electron chi connectivity index (χ2n) is 8.53. The third kappa shape index (κ3) is 3.84. The molecule has 4 aromatic carbocycles. The molecule has 0 fully saturated rings. The van der Waals surface area contributed by atoms with Gasteiger partial charge >= 0.3 is 5.63 Å². The van der Waals surface area contributed by atoms with Crippen molar-refractivity contribution in [1.82, 2.24) is 4.98 Å². The first-order valence-corrected chi connectivity index (χ1v) is 11.5. The zero-order chi connectivity index (χ0) is 24.6. The summed E-state index contributed by atoms with van der Waals surface area (Å²) in [6.07, 6.45) is 0. The van der Waals surface area contributed by atoms with Gasteiger partial charge in [0, 0.05) is 22.2 Å². The van der Waals surface area contributed by atoms with Crippen molar-refractivity contribution in [3.8, 4) is 22.6 Å². The van der Waals surface area contributed by atoms with E-state index in [2.05, 4.69) is 10.3 Å². The van der Waals surface area contributed by atoms with Crippen molar-refractivity contribution in [1.29, 1.82) is 0 Å². The van der Waals surface area contributed by atoms with E-state index in [-0.39, 0.29) is 5.76 Å². The fraction of sp³-hybridized carbons (Fsp3) is 0.0333. The van der Waals surface area contributed by atoms with Gasteiger partial charge in [0.05, 0.1) is 5.39 Å². The predicted octanol–water partition coefficient (Wildman–Crippen LogP) is 6.83. The first kappa shape index (κ1) is 21.6. The van der Waals surface area contributed by atoms with Crippen LogP contribution in [0, 0.1) is 6.92 Å². The van der Waals surface area contributed by atoms with E-state index < -0.39 is 11.5 Å². The summed E-state index contributed by atoms with van der Waals surface area (Å²) in [6, 6.07) is 29.6. The van der Waals surface area contributed by atoms with Crippen LogP contribution >= 0.6 is 0 Å². The number of carbonyl (C=O) groups excluding carboxylic acids is 1. The molecule has 1 amide bonds. The molecule has 0 aliphatic heterocycles. The van der Waals surface area contributed by atoms with Gasteiger partial charge in [-0.05, 0) is 54.4 Å². The van der Waals surface area contributed by atoms with Gasteiger partial charge in [0.15, 0.2) is 5.58 Å². The van der Waals surface area contributed by atoms with Crippen LogP contribution in [0.5, 0.6) is 0 Å². The Labute approximate surface area is 205 Å². The van der Waals surface area contributed by atoms with Crippen molar-refractivity contribution in [3.63, 3.8) is 0 Å². The van der Waals surface area contributed by atoms with Crippen LogP contribution < -0.4 is 10.9 Å². The lowest BCUT2D eigenvalue weighted by Crippen LogP contribution is -2.17. The number of nitrogens with one attached hydrogen (secondary N) is 1. The second-order valence-corrected chi connectivity index (χ2v) is 8.53. The molecule has 0 saturated heterocycles. The number of fused-ring (bicyclic) bond motifs is 2. The summed E-state index contributed by atoms with van der Waals surface area (Å²) in [5.41, 5.74) is 4.55. The number of aryl methyl sites for hydroxylation is 1. The molecule has 174 valence electrons. The lowest BCUT2D eigenvalue weighted by atomic mass is 9.98. The Morgan fingerprint density at radius 2 is 1.53 bits per heavy atom. The summed E-state index contributed by atoms with van der Waals surface area (Å²) >= 11 is 0. The molecule has 6 heteroatoms. The van der Waals surface area contributed by atoms with Gasteiger partial charge in [-0.3, -0.25) is 4.79 Å². The van der Waals surface area contributed by atoms with Crippen LogP contribution in [0.4, 0.5) is 5.69 Å². The topological polar surface area (TPSA) is 85.3 Å². The molecule has 6 rings (SSSR count). The number of nitrogens with zero attached hydrogens (tertiary/aromatic N) is 1. The summed E-state index contributed by atoms with van der Waals surface area (Å²) in [4.78, 5) is 30.7. The minimum Gasteiger partial charge on any atom is -0.436 e. The molecule has 0 saturated carbocycles. The summed E-state index contributed by atoms with van der Waals surface area (Å²) in [6.45, 7) is 1.99. The Hall–Kier alpha value is -4.97. The largest absolute Gasteiger partial charge is 0.436 e. The predicted molar refractivity (Wildman–Crippen MR) is 140 cm³/mol. The first-order valence-electron chi connectivity index (χ1n) is 11.5. The molecule has 0 atom stereocenters.